The van der Waals surface area contributed by atoms with E-state index in [1.165, 1.54) is 10.9 Å². The van der Waals surface area contributed by atoms with Crippen molar-refractivity contribution in [3.63, 3.8) is 0 Å². The molecule has 0 fully saturated rings. The van der Waals surface area contributed by atoms with Crippen LogP contribution in [0.3, 0.4) is 0 Å². The number of carbonyl (C=O) groups excluding carboxylic acids is 2. The summed E-state index contributed by atoms with van der Waals surface area (Å²) in [6.07, 6.45) is 1.36. The zero-order valence-electron chi connectivity index (χ0n) is 15.4. The van der Waals surface area contributed by atoms with Gasteiger partial charge in [0.15, 0.2) is 5.69 Å². The Labute approximate surface area is 160 Å². The number of hydrogen-bond acceptors (Lipinski definition) is 4. The van der Waals surface area contributed by atoms with Crippen LogP contribution in [0.4, 0.5) is 5.69 Å². The van der Waals surface area contributed by atoms with E-state index in [-0.39, 0.29) is 11.4 Å². The SMILES string of the molecule is Cc1ccc(C)c(NC(=O)c2ncn(-c3nc4ccccc4[nH]3)c2C(N)=O)c1. The molecule has 2 aromatic heterocycles. The van der Waals surface area contributed by atoms with Gasteiger partial charge in [0, 0.05) is 5.69 Å². The van der Waals surface area contributed by atoms with Crippen LogP contribution in [0.15, 0.2) is 48.8 Å². The van der Waals surface area contributed by atoms with Gasteiger partial charge in [-0.25, -0.2) is 9.97 Å². The van der Waals surface area contributed by atoms with Crippen molar-refractivity contribution >= 4 is 28.5 Å². The van der Waals surface area contributed by atoms with Crippen LogP contribution < -0.4 is 11.1 Å². The summed E-state index contributed by atoms with van der Waals surface area (Å²) in [7, 11) is 0. The maximum Gasteiger partial charge on any atom is 0.276 e. The van der Waals surface area contributed by atoms with Crippen molar-refractivity contribution in [1.29, 1.82) is 0 Å². The molecule has 0 aliphatic rings. The number of benzene rings is 2. The summed E-state index contributed by atoms with van der Waals surface area (Å²) in [5.74, 6) is -0.935. The Bertz CT molecular complexity index is 1190. The molecule has 8 heteroatoms. The van der Waals surface area contributed by atoms with Crippen molar-refractivity contribution in [1.82, 2.24) is 19.5 Å². The van der Waals surface area contributed by atoms with E-state index < -0.39 is 11.8 Å². The third-order valence-electron chi connectivity index (χ3n) is 4.46. The minimum atomic E-state index is -0.774. The molecule has 2 aromatic carbocycles. The monoisotopic (exact) mass is 374 g/mol. The quantitative estimate of drug-likeness (QED) is 0.509. The average Bonchev–Trinajstić information content (AvgIpc) is 3.28. The number of H-pyrrole nitrogens is 1. The number of para-hydroxylation sites is 2. The number of anilines is 1. The van der Waals surface area contributed by atoms with Gasteiger partial charge in [-0.3, -0.25) is 14.2 Å². The molecule has 4 rings (SSSR count). The number of aromatic amines is 1. The number of fused-ring (bicyclic) bond motifs is 1. The lowest BCUT2D eigenvalue weighted by Crippen LogP contribution is -2.23. The van der Waals surface area contributed by atoms with E-state index in [1.807, 2.05) is 56.3 Å². The van der Waals surface area contributed by atoms with Gasteiger partial charge in [0.1, 0.15) is 12.0 Å². The molecular weight excluding hydrogens is 356 g/mol. The van der Waals surface area contributed by atoms with Gasteiger partial charge in [-0.1, -0.05) is 24.3 Å². The second kappa shape index (κ2) is 6.66. The molecule has 0 atom stereocenters. The predicted octanol–water partition coefficient (Wildman–Crippen LogP) is 2.72. The summed E-state index contributed by atoms with van der Waals surface area (Å²) in [5.41, 5.74) is 9.53. The van der Waals surface area contributed by atoms with E-state index in [0.717, 1.165) is 22.2 Å². The Balaban J connectivity index is 1.75. The van der Waals surface area contributed by atoms with Gasteiger partial charge in [0.05, 0.1) is 11.0 Å². The zero-order valence-corrected chi connectivity index (χ0v) is 15.4. The lowest BCUT2D eigenvalue weighted by Gasteiger charge is -2.09. The van der Waals surface area contributed by atoms with Crippen LogP contribution in [0.25, 0.3) is 17.0 Å². The van der Waals surface area contributed by atoms with Gasteiger partial charge in [0.2, 0.25) is 5.95 Å². The Morgan fingerprint density at radius 1 is 1.14 bits per heavy atom. The number of primary amides is 1. The van der Waals surface area contributed by atoms with Gasteiger partial charge in [-0.2, -0.15) is 0 Å². The minimum absolute atomic E-state index is 0.0399. The van der Waals surface area contributed by atoms with Crippen molar-refractivity contribution in [2.24, 2.45) is 5.73 Å². The molecule has 0 unspecified atom stereocenters. The van der Waals surface area contributed by atoms with Crippen molar-refractivity contribution in [3.05, 3.63) is 71.3 Å². The van der Waals surface area contributed by atoms with E-state index in [0.29, 0.717) is 11.6 Å². The van der Waals surface area contributed by atoms with E-state index in [4.69, 9.17) is 5.73 Å². The summed E-state index contributed by atoms with van der Waals surface area (Å²) >= 11 is 0. The smallest absolute Gasteiger partial charge is 0.276 e. The van der Waals surface area contributed by atoms with E-state index >= 15 is 0 Å². The molecular formula is C20H18N6O2. The lowest BCUT2D eigenvalue weighted by molar-refractivity contribution is 0.0970. The third-order valence-corrected chi connectivity index (χ3v) is 4.46. The summed E-state index contributed by atoms with van der Waals surface area (Å²) in [5, 5.41) is 2.80. The number of amides is 2. The first-order valence-corrected chi connectivity index (χ1v) is 8.65. The maximum atomic E-state index is 12.8. The fraction of sp³-hybridized carbons (Fsp3) is 0.100. The van der Waals surface area contributed by atoms with Crippen LogP contribution >= 0.6 is 0 Å². The van der Waals surface area contributed by atoms with Crippen LogP contribution in [0.2, 0.25) is 0 Å². The highest BCUT2D eigenvalue weighted by molar-refractivity contribution is 6.10. The molecule has 0 aliphatic carbocycles. The Morgan fingerprint density at radius 2 is 1.93 bits per heavy atom. The van der Waals surface area contributed by atoms with Crippen LogP contribution in [0.1, 0.15) is 32.1 Å². The van der Waals surface area contributed by atoms with Gasteiger partial charge < -0.3 is 16.0 Å². The minimum Gasteiger partial charge on any atom is -0.364 e. The fourth-order valence-electron chi connectivity index (χ4n) is 3.02. The third kappa shape index (κ3) is 3.01. The van der Waals surface area contributed by atoms with Crippen molar-refractivity contribution in [2.75, 3.05) is 5.32 Å². The summed E-state index contributed by atoms with van der Waals surface area (Å²) in [4.78, 5) is 36.6. The first-order chi connectivity index (χ1) is 13.4. The van der Waals surface area contributed by atoms with Gasteiger partial charge in [-0.15, -0.1) is 0 Å². The molecule has 2 heterocycles. The largest absolute Gasteiger partial charge is 0.364 e. The summed E-state index contributed by atoms with van der Waals surface area (Å²) in [6, 6.07) is 13.1. The molecule has 0 aliphatic heterocycles. The number of hydrogen-bond donors (Lipinski definition) is 3. The molecule has 8 nitrogen and oxygen atoms in total. The summed E-state index contributed by atoms with van der Waals surface area (Å²) < 4.78 is 1.39. The molecule has 0 radical (unpaired) electrons. The van der Waals surface area contributed by atoms with Crippen LogP contribution in [0.5, 0.6) is 0 Å². The Morgan fingerprint density at radius 3 is 2.68 bits per heavy atom. The van der Waals surface area contributed by atoms with Crippen LogP contribution in [0, 0.1) is 13.8 Å². The molecule has 2 amide bonds. The molecule has 4 N–H and O–H groups in total. The van der Waals surface area contributed by atoms with Crippen LogP contribution in [-0.2, 0) is 0 Å². The van der Waals surface area contributed by atoms with Crippen LogP contribution in [-0.4, -0.2) is 31.3 Å². The van der Waals surface area contributed by atoms with Crippen molar-refractivity contribution in [3.8, 4) is 5.95 Å². The normalized spacial score (nSPS) is 10.9. The number of aromatic nitrogens is 4. The second-order valence-corrected chi connectivity index (χ2v) is 6.53. The number of nitrogens with two attached hydrogens (primary N) is 1. The lowest BCUT2D eigenvalue weighted by atomic mass is 10.1. The second-order valence-electron chi connectivity index (χ2n) is 6.53. The first-order valence-electron chi connectivity index (χ1n) is 8.65. The predicted molar refractivity (Wildman–Crippen MR) is 106 cm³/mol. The number of carbonyl (C=O) groups is 2. The van der Waals surface area contributed by atoms with E-state index in [1.54, 1.807) is 0 Å². The van der Waals surface area contributed by atoms with Gasteiger partial charge in [-0.05, 0) is 43.2 Å². The number of imidazole rings is 2. The summed E-state index contributed by atoms with van der Waals surface area (Å²) in [6.45, 7) is 3.82. The number of aryl methyl sites for hydroxylation is 2. The zero-order chi connectivity index (χ0) is 19.8. The average molecular weight is 374 g/mol. The topological polar surface area (TPSA) is 119 Å². The number of nitrogens with one attached hydrogen (secondary N) is 2. The maximum absolute atomic E-state index is 12.8. The molecule has 28 heavy (non-hydrogen) atoms. The van der Waals surface area contributed by atoms with E-state index in [9.17, 15) is 9.59 Å². The molecule has 0 saturated carbocycles. The van der Waals surface area contributed by atoms with Gasteiger partial charge in [0.25, 0.3) is 11.8 Å². The van der Waals surface area contributed by atoms with Crippen molar-refractivity contribution in [2.45, 2.75) is 13.8 Å². The fourth-order valence-corrected chi connectivity index (χ4v) is 3.02. The molecule has 0 bridgehead atoms. The van der Waals surface area contributed by atoms with E-state index in [2.05, 4.69) is 20.3 Å². The Hall–Kier alpha value is -3.94. The van der Waals surface area contributed by atoms with Crippen molar-refractivity contribution < 1.29 is 9.59 Å². The molecule has 4 aromatic rings. The number of nitrogens with zero attached hydrogens (tertiary/aromatic N) is 3. The standard InChI is InChI=1S/C20H18N6O2/c1-11-7-8-12(2)15(9-11)23-19(28)16-17(18(21)27)26(10-22-16)20-24-13-5-3-4-6-14(13)25-20/h3-10H,1-2H3,(H2,21,27)(H,23,28)(H,24,25). The Kier molecular flexibility index (Phi) is 4.15. The molecule has 140 valence electrons. The van der Waals surface area contributed by atoms with Gasteiger partial charge >= 0.3 is 0 Å². The highest BCUT2D eigenvalue weighted by Crippen LogP contribution is 2.20. The number of rotatable bonds is 4. The molecule has 0 saturated heterocycles. The highest BCUT2D eigenvalue weighted by Gasteiger charge is 2.24. The molecule has 0 spiro atoms. The highest BCUT2D eigenvalue weighted by atomic mass is 16.2. The first kappa shape index (κ1) is 17.5.